The second-order valence-electron chi connectivity index (χ2n) is 3.54. The maximum atomic E-state index is 12.8. The van der Waals surface area contributed by atoms with E-state index in [1.807, 2.05) is 0 Å². The molecule has 2 aromatic carbocycles. The van der Waals surface area contributed by atoms with Crippen molar-refractivity contribution in [1.29, 1.82) is 0 Å². The van der Waals surface area contributed by atoms with Gasteiger partial charge in [0.1, 0.15) is 11.6 Å². The summed E-state index contributed by atoms with van der Waals surface area (Å²) in [6.45, 7) is 0. The lowest BCUT2D eigenvalue weighted by atomic mass is 10.0. The fourth-order valence-electron chi connectivity index (χ4n) is 1.59. The number of methoxy groups -OCH3 is 1. The zero-order chi connectivity index (χ0) is 12.3. The van der Waals surface area contributed by atoms with Crippen LogP contribution in [0.1, 0.15) is 15.9 Å². The van der Waals surface area contributed by atoms with Crippen molar-refractivity contribution in [2.75, 3.05) is 7.11 Å². The molecule has 0 spiro atoms. The van der Waals surface area contributed by atoms with E-state index in [4.69, 9.17) is 4.74 Å². The minimum absolute atomic E-state index is 0.178. The van der Waals surface area contributed by atoms with Gasteiger partial charge in [0, 0.05) is 5.56 Å². The second kappa shape index (κ2) is 4.78. The predicted molar refractivity (Wildman–Crippen MR) is 62.8 cm³/mol. The molecule has 0 atom stereocenters. The van der Waals surface area contributed by atoms with Crippen molar-refractivity contribution < 1.29 is 13.9 Å². The number of carbonyl (C=O) groups excluding carboxylic acids is 1. The average molecular weight is 230 g/mol. The zero-order valence-electron chi connectivity index (χ0n) is 9.31. The number of carbonyl (C=O) groups is 1. The van der Waals surface area contributed by atoms with Crippen LogP contribution in [-0.4, -0.2) is 12.9 Å². The van der Waals surface area contributed by atoms with Gasteiger partial charge in [-0.1, -0.05) is 12.1 Å². The van der Waals surface area contributed by atoms with Gasteiger partial charge in [0.2, 0.25) is 0 Å². The summed E-state index contributed by atoms with van der Waals surface area (Å²) in [5.41, 5.74) is 0.914. The molecule has 0 radical (unpaired) electrons. The normalized spacial score (nSPS) is 10.0. The maximum absolute atomic E-state index is 12.8. The number of ether oxygens (including phenoxy) is 1. The summed E-state index contributed by atoms with van der Waals surface area (Å²) < 4.78 is 17.9. The monoisotopic (exact) mass is 230 g/mol. The van der Waals surface area contributed by atoms with Crippen molar-refractivity contribution in [3.05, 3.63) is 65.5 Å². The summed E-state index contributed by atoms with van der Waals surface area (Å²) in [5.74, 6) is -0.0224. The van der Waals surface area contributed by atoms with E-state index in [0.717, 1.165) is 0 Å². The quantitative estimate of drug-likeness (QED) is 0.757. The Kier molecular flexibility index (Phi) is 3.19. The predicted octanol–water partition coefficient (Wildman–Crippen LogP) is 3.07. The van der Waals surface area contributed by atoms with Crippen LogP contribution in [0.15, 0.2) is 48.5 Å². The first-order chi connectivity index (χ1) is 8.22. The second-order valence-corrected chi connectivity index (χ2v) is 3.54. The average Bonchev–Trinajstić information content (AvgIpc) is 2.39. The molecule has 0 N–H and O–H groups in total. The fourth-order valence-corrected chi connectivity index (χ4v) is 1.59. The summed E-state index contributed by atoms with van der Waals surface area (Å²) in [7, 11) is 1.51. The Bertz CT molecular complexity index is 532. The number of rotatable bonds is 3. The summed E-state index contributed by atoms with van der Waals surface area (Å²) >= 11 is 0. The van der Waals surface area contributed by atoms with E-state index in [2.05, 4.69) is 0 Å². The third-order valence-electron chi connectivity index (χ3n) is 2.46. The molecule has 2 aromatic rings. The highest BCUT2D eigenvalue weighted by Crippen LogP contribution is 2.21. The molecule has 2 rings (SSSR count). The van der Waals surface area contributed by atoms with Gasteiger partial charge in [0.05, 0.1) is 12.7 Å². The highest BCUT2D eigenvalue weighted by Gasteiger charge is 2.13. The fraction of sp³-hybridized carbons (Fsp3) is 0.0714. The molecule has 0 aromatic heterocycles. The number of ketones is 1. The zero-order valence-corrected chi connectivity index (χ0v) is 9.31. The Balaban J connectivity index is 2.40. The highest BCUT2D eigenvalue weighted by molar-refractivity contribution is 6.10. The Hall–Kier alpha value is -2.16. The molecule has 17 heavy (non-hydrogen) atoms. The van der Waals surface area contributed by atoms with E-state index < -0.39 is 0 Å². The first-order valence-corrected chi connectivity index (χ1v) is 5.15. The molecular formula is C14H11FO2. The molecule has 0 aliphatic rings. The van der Waals surface area contributed by atoms with E-state index in [1.54, 1.807) is 24.3 Å². The van der Waals surface area contributed by atoms with Crippen LogP contribution in [0.4, 0.5) is 4.39 Å². The standard InChI is InChI=1S/C14H11FO2/c1-17-13-5-3-2-4-12(13)14(16)10-6-8-11(15)9-7-10/h2-9H,1H3. The van der Waals surface area contributed by atoms with Gasteiger partial charge >= 0.3 is 0 Å². The maximum Gasteiger partial charge on any atom is 0.196 e. The number of halogens is 1. The minimum atomic E-state index is -0.360. The van der Waals surface area contributed by atoms with Gasteiger partial charge in [0.15, 0.2) is 5.78 Å². The van der Waals surface area contributed by atoms with Crippen molar-refractivity contribution in [3.63, 3.8) is 0 Å². The Morgan fingerprint density at radius 3 is 2.35 bits per heavy atom. The van der Waals surface area contributed by atoms with Gasteiger partial charge in [-0.25, -0.2) is 4.39 Å². The van der Waals surface area contributed by atoms with Gasteiger partial charge in [-0.2, -0.15) is 0 Å². The molecule has 2 nitrogen and oxygen atoms in total. The Morgan fingerprint density at radius 1 is 1.06 bits per heavy atom. The van der Waals surface area contributed by atoms with Crippen molar-refractivity contribution in [1.82, 2.24) is 0 Å². The molecular weight excluding hydrogens is 219 g/mol. The number of para-hydroxylation sites is 1. The molecule has 3 heteroatoms. The van der Waals surface area contributed by atoms with Gasteiger partial charge in [-0.3, -0.25) is 4.79 Å². The SMILES string of the molecule is COc1ccccc1C(=O)c1ccc(F)cc1. The molecule has 0 bridgehead atoms. The first-order valence-electron chi connectivity index (χ1n) is 5.15. The lowest BCUT2D eigenvalue weighted by Crippen LogP contribution is -2.03. The molecule has 0 fully saturated rings. The summed E-state index contributed by atoms with van der Waals surface area (Å²) in [5, 5.41) is 0. The van der Waals surface area contributed by atoms with E-state index >= 15 is 0 Å². The minimum Gasteiger partial charge on any atom is -0.496 e. The van der Waals surface area contributed by atoms with Gasteiger partial charge < -0.3 is 4.74 Å². The smallest absolute Gasteiger partial charge is 0.196 e. The molecule has 86 valence electrons. The largest absolute Gasteiger partial charge is 0.496 e. The van der Waals surface area contributed by atoms with E-state index in [0.29, 0.717) is 16.9 Å². The third kappa shape index (κ3) is 2.33. The highest BCUT2D eigenvalue weighted by atomic mass is 19.1. The van der Waals surface area contributed by atoms with Crippen molar-refractivity contribution >= 4 is 5.78 Å². The van der Waals surface area contributed by atoms with Crippen LogP contribution in [-0.2, 0) is 0 Å². The van der Waals surface area contributed by atoms with E-state index in [1.165, 1.54) is 31.4 Å². The van der Waals surface area contributed by atoms with Crippen molar-refractivity contribution in [3.8, 4) is 5.75 Å². The lowest BCUT2D eigenvalue weighted by molar-refractivity contribution is 0.103. The molecule has 0 amide bonds. The molecule has 0 unspecified atom stereocenters. The lowest BCUT2D eigenvalue weighted by Gasteiger charge is -2.06. The summed E-state index contributed by atoms with van der Waals surface area (Å²) in [4.78, 5) is 12.1. The number of hydrogen-bond donors (Lipinski definition) is 0. The van der Waals surface area contributed by atoms with Crippen LogP contribution < -0.4 is 4.74 Å². The molecule has 0 saturated heterocycles. The van der Waals surface area contributed by atoms with Crippen LogP contribution in [0.25, 0.3) is 0 Å². The van der Waals surface area contributed by atoms with Gasteiger partial charge in [0.25, 0.3) is 0 Å². The molecule has 0 saturated carbocycles. The third-order valence-corrected chi connectivity index (χ3v) is 2.46. The number of benzene rings is 2. The topological polar surface area (TPSA) is 26.3 Å². The van der Waals surface area contributed by atoms with Crippen LogP contribution in [0, 0.1) is 5.82 Å². The van der Waals surface area contributed by atoms with Crippen LogP contribution in [0.2, 0.25) is 0 Å². The molecule has 0 aliphatic heterocycles. The Morgan fingerprint density at radius 2 is 1.71 bits per heavy atom. The van der Waals surface area contributed by atoms with Crippen molar-refractivity contribution in [2.24, 2.45) is 0 Å². The van der Waals surface area contributed by atoms with E-state index in [-0.39, 0.29) is 11.6 Å². The van der Waals surface area contributed by atoms with Gasteiger partial charge in [-0.15, -0.1) is 0 Å². The summed E-state index contributed by atoms with van der Waals surface area (Å²) in [6, 6.07) is 12.4. The van der Waals surface area contributed by atoms with Crippen LogP contribution >= 0.6 is 0 Å². The van der Waals surface area contributed by atoms with Gasteiger partial charge in [-0.05, 0) is 36.4 Å². The summed E-state index contributed by atoms with van der Waals surface area (Å²) in [6.07, 6.45) is 0. The number of hydrogen-bond acceptors (Lipinski definition) is 2. The Labute approximate surface area is 98.7 Å². The van der Waals surface area contributed by atoms with Crippen molar-refractivity contribution in [2.45, 2.75) is 0 Å². The first kappa shape index (κ1) is 11.3. The van der Waals surface area contributed by atoms with Crippen LogP contribution in [0.3, 0.4) is 0 Å². The van der Waals surface area contributed by atoms with E-state index in [9.17, 15) is 9.18 Å². The molecule has 0 aliphatic carbocycles. The molecule has 0 heterocycles. The van der Waals surface area contributed by atoms with Crippen LogP contribution in [0.5, 0.6) is 5.75 Å².